The molecule has 2 fully saturated rings. The molecule has 5 nitrogen and oxygen atoms in total. The number of amides is 2. The van der Waals surface area contributed by atoms with E-state index >= 15 is 0 Å². The molecule has 0 bridgehead atoms. The Morgan fingerprint density at radius 1 is 1.14 bits per heavy atom. The number of carboxylic acids is 1. The summed E-state index contributed by atoms with van der Waals surface area (Å²) in [5, 5.41) is 12.1. The van der Waals surface area contributed by atoms with Gasteiger partial charge in [-0.05, 0) is 30.6 Å². The first-order valence-electron chi connectivity index (χ1n) is 8.26. The van der Waals surface area contributed by atoms with Crippen LogP contribution in [0.2, 0.25) is 0 Å². The van der Waals surface area contributed by atoms with E-state index in [2.05, 4.69) is 12.2 Å². The van der Waals surface area contributed by atoms with E-state index in [0.717, 1.165) is 12.5 Å². The summed E-state index contributed by atoms with van der Waals surface area (Å²) in [6.07, 6.45) is 6.22. The average Bonchev–Trinajstić information content (AvgIpc) is 2.87. The molecule has 0 aromatic rings. The van der Waals surface area contributed by atoms with Gasteiger partial charge in [0.2, 0.25) is 0 Å². The largest absolute Gasteiger partial charge is 0.481 e. The molecule has 0 radical (unpaired) electrons. The summed E-state index contributed by atoms with van der Waals surface area (Å²) in [5.41, 5.74) is 0. The fourth-order valence-electron chi connectivity index (χ4n) is 3.64. The van der Waals surface area contributed by atoms with E-state index in [0.29, 0.717) is 19.0 Å². The lowest BCUT2D eigenvalue weighted by atomic mass is 9.81. The molecule has 5 heteroatoms. The number of nitrogens with zero attached hydrogens (tertiary/aromatic N) is 1. The van der Waals surface area contributed by atoms with Gasteiger partial charge in [0.15, 0.2) is 0 Å². The minimum atomic E-state index is -0.796. The predicted octanol–water partition coefficient (Wildman–Crippen LogP) is 2.56. The van der Waals surface area contributed by atoms with Crippen molar-refractivity contribution in [3.63, 3.8) is 0 Å². The third-order valence-corrected chi connectivity index (χ3v) is 5.30. The quantitative estimate of drug-likeness (QED) is 0.837. The molecule has 0 aromatic heterocycles. The highest BCUT2D eigenvalue weighted by atomic mass is 16.4. The first kappa shape index (κ1) is 16.1. The van der Waals surface area contributed by atoms with Crippen LogP contribution in [-0.4, -0.2) is 41.6 Å². The van der Waals surface area contributed by atoms with Crippen molar-refractivity contribution < 1.29 is 14.7 Å². The Balaban J connectivity index is 1.72. The zero-order valence-electron chi connectivity index (χ0n) is 13.2. The molecule has 2 unspecified atom stereocenters. The number of hydrogen-bond donors (Lipinski definition) is 2. The van der Waals surface area contributed by atoms with Gasteiger partial charge in [-0.25, -0.2) is 4.79 Å². The molecular formula is C16H28N2O3. The minimum absolute atomic E-state index is 0.0354. The van der Waals surface area contributed by atoms with E-state index in [9.17, 15) is 9.59 Å². The lowest BCUT2D eigenvalue weighted by molar-refractivity contribution is -0.142. The topological polar surface area (TPSA) is 69.6 Å². The first-order valence-corrected chi connectivity index (χ1v) is 8.26. The zero-order chi connectivity index (χ0) is 15.4. The SMILES string of the molecule is CCC1CCC(CNC(=O)N2CC(C)C(C(=O)O)C2)CC1. The van der Waals surface area contributed by atoms with E-state index < -0.39 is 11.9 Å². The normalized spacial score (nSPS) is 33.0. The summed E-state index contributed by atoms with van der Waals surface area (Å²) in [7, 11) is 0. The van der Waals surface area contributed by atoms with Crippen LogP contribution in [0.3, 0.4) is 0 Å². The van der Waals surface area contributed by atoms with Crippen LogP contribution in [0.25, 0.3) is 0 Å². The van der Waals surface area contributed by atoms with Gasteiger partial charge in [0.1, 0.15) is 0 Å². The van der Waals surface area contributed by atoms with Gasteiger partial charge in [-0.3, -0.25) is 4.79 Å². The van der Waals surface area contributed by atoms with Crippen molar-refractivity contribution in [1.82, 2.24) is 10.2 Å². The van der Waals surface area contributed by atoms with Crippen LogP contribution in [-0.2, 0) is 4.79 Å². The fourth-order valence-corrected chi connectivity index (χ4v) is 3.64. The van der Waals surface area contributed by atoms with E-state index in [-0.39, 0.29) is 11.9 Å². The van der Waals surface area contributed by atoms with Crippen molar-refractivity contribution in [2.45, 2.75) is 46.0 Å². The van der Waals surface area contributed by atoms with Gasteiger partial charge in [0.25, 0.3) is 0 Å². The van der Waals surface area contributed by atoms with E-state index in [4.69, 9.17) is 5.11 Å². The maximum Gasteiger partial charge on any atom is 0.317 e. The van der Waals surface area contributed by atoms with Gasteiger partial charge in [-0.15, -0.1) is 0 Å². The Bertz CT molecular complexity index is 378. The highest BCUT2D eigenvalue weighted by molar-refractivity contribution is 5.77. The number of rotatable bonds is 4. The summed E-state index contributed by atoms with van der Waals surface area (Å²) in [4.78, 5) is 24.9. The van der Waals surface area contributed by atoms with Crippen molar-refractivity contribution >= 4 is 12.0 Å². The van der Waals surface area contributed by atoms with Crippen LogP contribution in [0.1, 0.15) is 46.0 Å². The molecule has 2 aliphatic rings. The van der Waals surface area contributed by atoms with Crippen LogP contribution < -0.4 is 5.32 Å². The number of urea groups is 1. The Morgan fingerprint density at radius 3 is 2.29 bits per heavy atom. The van der Waals surface area contributed by atoms with Crippen molar-refractivity contribution in [1.29, 1.82) is 0 Å². The highest BCUT2D eigenvalue weighted by Crippen LogP contribution is 2.30. The van der Waals surface area contributed by atoms with Crippen LogP contribution >= 0.6 is 0 Å². The van der Waals surface area contributed by atoms with Gasteiger partial charge < -0.3 is 15.3 Å². The summed E-state index contributed by atoms with van der Waals surface area (Å²) < 4.78 is 0. The molecule has 21 heavy (non-hydrogen) atoms. The Labute approximate surface area is 127 Å². The fraction of sp³-hybridized carbons (Fsp3) is 0.875. The molecule has 1 saturated heterocycles. The van der Waals surface area contributed by atoms with Crippen molar-refractivity contribution in [2.75, 3.05) is 19.6 Å². The van der Waals surface area contributed by atoms with Gasteiger partial charge in [-0.2, -0.15) is 0 Å². The molecule has 1 aliphatic heterocycles. The summed E-state index contributed by atoms with van der Waals surface area (Å²) in [6, 6.07) is -0.0942. The number of aliphatic carboxylic acids is 1. The second kappa shape index (κ2) is 7.14. The van der Waals surface area contributed by atoms with E-state index in [1.54, 1.807) is 4.90 Å². The van der Waals surface area contributed by atoms with Crippen LogP contribution in [0.5, 0.6) is 0 Å². The molecule has 2 amide bonds. The van der Waals surface area contributed by atoms with Gasteiger partial charge >= 0.3 is 12.0 Å². The molecule has 0 spiro atoms. The van der Waals surface area contributed by atoms with Crippen LogP contribution in [0.4, 0.5) is 4.79 Å². The third-order valence-electron chi connectivity index (χ3n) is 5.30. The summed E-state index contributed by atoms with van der Waals surface area (Å²) in [5.74, 6) is 0.277. The number of hydrogen-bond acceptors (Lipinski definition) is 2. The molecular weight excluding hydrogens is 268 g/mol. The predicted molar refractivity (Wildman–Crippen MR) is 81.0 cm³/mol. The highest BCUT2D eigenvalue weighted by Gasteiger charge is 2.37. The lowest BCUT2D eigenvalue weighted by Crippen LogP contribution is -2.41. The number of carbonyl (C=O) groups excluding carboxylic acids is 1. The molecule has 2 rings (SSSR count). The Kier molecular flexibility index (Phi) is 5.48. The van der Waals surface area contributed by atoms with Crippen molar-refractivity contribution in [3.8, 4) is 0 Å². The standard InChI is InChI=1S/C16H28N2O3/c1-3-12-4-6-13(7-5-12)8-17-16(21)18-9-11(2)14(10-18)15(19)20/h11-14H,3-10H2,1-2H3,(H,17,21)(H,19,20). The monoisotopic (exact) mass is 296 g/mol. The van der Waals surface area contributed by atoms with E-state index in [1.807, 2.05) is 6.92 Å². The molecule has 0 aromatic carbocycles. The second-order valence-corrected chi connectivity index (χ2v) is 6.81. The third kappa shape index (κ3) is 4.11. The smallest absolute Gasteiger partial charge is 0.317 e. The summed E-state index contributed by atoms with van der Waals surface area (Å²) >= 11 is 0. The Morgan fingerprint density at radius 2 is 1.76 bits per heavy atom. The lowest BCUT2D eigenvalue weighted by Gasteiger charge is -2.28. The average molecular weight is 296 g/mol. The van der Waals surface area contributed by atoms with Crippen LogP contribution in [0, 0.1) is 23.7 Å². The van der Waals surface area contributed by atoms with Crippen molar-refractivity contribution in [3.05, 3.63) is 0 Å². The number of carboxylic acid groups (broad SMARTS) is 1. The number of likely N-dealkylation sites (tertiary alicyclic amines) is 1. The van der Waals surface area contributed by atoms with Gasteiger partial charge in [0, 0.05) is 19.6 Å². The maximum absolute atomic E-state index is 12.1. The van der Waals surface area contributed by atoms with Crippen molar-refractivity contribution in [2.24, 2.45) is 23.7 Å². The van der Waals surface area contributed by atoms with E-state index in [1.165, 1.54) is 32.1 Å². The Hall–Kier alpha value is -1.26. The molecule has 120 valence electrons. The number of nitrogens with one attached hydrogen (secondary N) is 1. The van der Waals surface area contributed by atoms with Gasteiger partial charge in [-0.1, -0.05) is 33.1 Å². The molecule has 2 N–H and O–H groups in total. The molecule has 1 saturated carbocycles. The maximum atomic E-state index is 12.1. The van der Waals surface area contributed by atoms with Crippen LogP contribution in [0.15, 0.2) is 0 Å². The minimum Gasteiger partial charge on any atom is -0.481 e. The number of carbonyl (C=O) groups is 2. The summed E-state index contributed by atoms with van der Waals surface area (Å²) in [6.45, 7) is 5.77. The second-order valence-electron chi connectivity index (χ2n) is 6.81. The molecule has 1 heterocycles. The first-order chi connectivity index (χ1) is 10.0. The molecule has 2 atom stereocenters. The van der Waals surface area contributed by atoms with Gasteiger partial charge in [0.05, 0.1) is 5.92 Å². The molecule has 1 aliphatic carbocycles. The zero-order valence-corrected chi connectivity index (χ0v) is 13.2.